The molecule has 0 amide bonds. The van der Waals surface area contributed by atoms with Crippen LogP contribution in [-0.4, -0.2) is 16.2 Å². The van der Waals surface area contributed by atoms with E-state index in [-0.39, 0.29) is 25.2 Å². The third-order valence-electron chi connectivity index (χ3n) is 4.77. The zero-order valence-electron chi connectivity index (χ0n) is 16.4. The molecule has 0 atom stereocenters. The largest absolute Gasteiger partial charge is 0.508 e. The van der Waals surface area contributed by atoms with E-state index >= 15 is 0 Å². The Hall–Kier alpha value is -3.34. The number of carbonyl (C=O) groups is 1. The van der Waals surface area contributed by atoms with Gasteiger partial charge in [0.25, 0.3) is 0 Å². The number of aromatic hydroxyl groups is 1. The summed E-state index contributed by atoms with van der Waals surface area (Å²) in [6.07, 6.45) is 0.0365. The number of hydrogen-bond donors (Lipinski definition) is 2. The highest BCUT2D eigenvalue weighted by molar-refractivity contribution is 5.72. The average Bonchev–Trinajstić information content (AvgIpc) is 2.65. The second-order valence-corrected chi connectivity index (χ2v) is 7.09. The van der Waals surface area contributed by atoms with Crippen molar-refractivity contribution < 1.29 is 24.1 Å². The Morgan fingerprint density at radius 1 is 1.03 bits per heavy atom. The van der Waals surface area contributed by atoms with Crippen LogP contribution in [0.2, 0.25) is 0 Å². The summed E-state index contributed by atoms with van der Waals surface area (Å²) in [4.78, 5) is 10.6. The number of carboxylic acid groups (broad SMARTS) is 1. The second kappa shape index (κ2) is 8.78. The molecule has 150 valence electrons. The van der Waals surface area contributed by atoms with Crippen molar-refractivity contribution in [2.45, 2.75) is 33.3 Å². The van der Waals surface area contributed by atoms with Gasteiger partial charge in [-0.15, -0.1) is 0 Å². The maximum atomic E-state index is 14.1. The smallest absolute Gasteiger partial charge is 0.303 e. The number of ether oxygens (including phenoxy) is 1. The first-order chi connectivity index (χ1) is 13.8. The van der Waals surface area contributed by atoms with E-state index in [2.05, 4.69) is 0 Å². The fourth-order valence-electron chi connectivity index (χ4n) is 3.44. The Morgan fingerprint density at radius 3 is 2.41 bits per heavy atom. The number of rotatable bonds is 7. The molecule has 0 aliphatic heterocycles. The Balaban J connectivity index is 1.73. The molecule has 0 radical (unpaired) electrons. The van der Waals surface area contributed by atoms with Crippen LogP contribution in [0.25, 0.3) is 11.1 Å². The molecule has 5 heteroatoms. The Morgan fingerprint density at radius 2 is 1.76 bits per heavy atom. The monoisotopic (exact) mass is 394 g/mol. The van der Waals surface area contributed by atoms with E-state index in [1.54, 1.807) is 24.3 Å². The van der Waals surface area contributed by atoms with Crippen LogP contribution in [0.1, 0.15) is 28.7 Å². The quantitative estimate of drug-likeness (QED) is 0.562. The van der Waals surface area contributed by atoms with Gasteiger partial charge in [-0.25, -0.2) is 4.39 Å². The first-order valence-corrected chi connectivity index (χ1v) is 9.36. The van der Waals surface area contributed by atoms with E-state index < -0.39 is 11.8 Å². The van der Waals surface area contributed by atoms with Crippen molar-refractivity contribution in [3.63, 3.8) is 0 Å². The van der Waals surface area contributed by atoms with Crippen molar-refractivity contribution in [3.8, 4) is 22.6 Å². The van der Waals surface area contributed by atoms with Gasteiger partial charge in [0.1, 0.15) is 23.9 Å². The van der Waals surface area contributed by atoms with Gasteiger partial charge in [0.05, 0.1) is 0 Å². The van der Waals surface area contributed by atoms with Crippen molar-refractivity contribution in [2.75, 3.05) is 0 Å². The molecule has 0 fully saturated rings. The van der Waals surface area contributed by atoms with Crippen LogP contribution in [0.5, 0.6) is 11.5 Å². The summed E-state index contributed by atoms with van der Waals surface area (Å²) in [7, 11) is 0. The summed E-state index contributed by atoms with van der Waals surface area (Å²) in [6, 6.07) is 15.9. The minimum atomic E-state index is -0.955. The zero-order valence-corrected chi connectivity index (χ0v) is 16.4. The molecule has 0 aliphatic rings. The zero-order chi connectivity index (χ0) is 21.0. The first kappa shape index (κ1) is 20.4. The van der Waals surface area contributed by atoms with Crippen molar-refractivity contribution in [2.24, 2.45) is 0 Å². The van der Waals surface area contributed by atoms with Gasteiger partial charge < -0.3 is 14.9 Å². The Labute approximate surface area is 169 Å². The van der Waals surface area contributed by atoms with Crippen LogP contribution in [0.15, 0.2) is 54.6 Å². The fourth-order valence-corrected chi connectivity index (χ4v) is 3.44. The number of carboxylic acids is 1. The lowest BCUT2D eigenvalue weighted by molar-refractivity contribution is -0.136. The van der Waals surface area contributed by atoms with Gasteiger partial charge >= 0.3 is 5.97 Å². The number of phenolic OH excluding ortho intramolecular Hbond substituents is 1. The van der Waals surface area contributed by atoms with Gasteiger partial charge in [-0.05, 0) is 77.9 Å². The van der Waals surface area contributed by atoms with E-state index in [1.807, 2.05) is 38.1 Å². The normalized spacial score (nSPS) is 10.7. The standard InChI is InChI=1S/C24H23FO4/c1-15-10-20(26)11-16(2)24(15)19-5-3-4-17(12-19)14-29-21-8-6-18(22(25)13-21)7-9-23(27)28/h3-6,8,10-13,26H,7,9,14H2,1-2H3,(H,27,28). The molecule has 0 heterocycles. The van der Waals surface area contributed by atoms with E-state index in [4.69, 9.17) is 9.84 Å². The highest BCUT2D eigenvalue weighted by Crippen LogP contribution is 2.31. The SMILES string of the molecule is Cc1cc(O)cc(C)c1-c1cccc(COc2ccc(CCC(=O)O)c(F)c2)c1. The average molecular weight is 394 g/mol. The number of aliphatic carboxylic acids is 1. The minimum absolute atomic E-state index is 0.111. The topological polar surface area (TPSA) is 66.8 Å². The molecule has 3 rings (SSSR count). The van der Waals surface area contributed by atoms with Gasteiger partial charge in [-0.1, -0.05) is 24.3 Å². The predicted octanol–water partition coefficient (Wildman–Crippen LogP) is 5.41. The number of hydrogen-bond acceptors (Lipinski definition) is 3. The second-order valence-electron chi connectivity index (χ2n) is 7.09. The molecule has 0 unspecified atom stereocenters. The van der Waals surface area contributed by atoms with E-state index in [0.717, 1.165) is 27.8 Å². The third kappa shape index (κ3) is 5.13. The summed E-state index contributed by atoms with van der Waals surface area (Å²) in [5.41, 5.74) is 5.36. The van der Waals surface area contributed by atoms with E-state index in [0.29, 0.717) is 11.3 Å². The summed E-state index contributed by atoms with van der Waals surface area (Å²) in [5.74, 6) is -0.780. The van der Waals surface area contributed by atoms with Crippen molar-refractivity contribution >= 4 is 5.97 Å². The van der Waals surface area contributed by atoms with Crippen LogP contribution < -0.4 is 4.74 Å². The summed E-state index contributed by atoms with van der Waals surface area (Å²) < 4.78 is 19.9. The van der Waals surface area contributed by atoms with Crippen molar-refractivity contribution in [3.05, 3.63) is 82.7 Å². The molecule has 0 saturated heterocycles. The number of phenols is 1. The van der Waals surface area contributed by atoms with Gasteiger partial charge in [0.15, 0.2) is 0 Å². The molecular weight excluding hydrogens is 371 g/mol. The minimum Gasteiger partial charge on any atom is -0.508 e. The fraction of sp³-hybridized carbons (Fsp3) is 0.208. The molecule has 0 spiro atoms. The third-order valence-corrected chi connectivity index (χ3v) is 4.77. The highest BCUT2D eigenvalue weighted by atomic mass is 19.1. The lowest BCUT2D eigenvalue weighted by Crippen LogP contribution is -2.01. The Kier molecular flexibility index (Phi) is 6.17. The number of halogens is 1. The Bertz CT molecular complexity index is 1020. The predicted molar refractivity (Wildman–Crippen MR) is 110 cm³/mol. The van der Waals surface area contributed by atoms with Crippen LogP contribution in [0.3, 0.4) is 0 Å². The van der Waals surface area contributed by atoms with Crippen molar-refractivity contribution in [1.82, 2.24) is 0 Å². The maximum absolute atomic E-state index is 14.1. The lowest BCUT2D eigenvalue weighted by atomic mass is 9.94. The molecular formula is C24H23FO4. The van der Waals surface area contributed by atoms with Gasteiger partial charge in [-0.3, -0.25) is 4.79 Å². The summed E-state index contributed by atoms with van der Waals surface area (Å²) in [6.45, 7) is 4.19. The molecule has 0 bridgehead atoms. The molecule has 3 aromatic rings. The van der Waals surface area contributed by atoms with Gasteiger partial charge in [0.2, 0.25) is 0 Å². The lowest BCUT2D eigenvalue weighted by Gasteiger charge is -2.13. The van der Waals surface area contributed by atoms with Crippen LogP contribution in [0.4, 0.5) is 4.39 Å². The van der Waals surface area contributed by atoms with Crippen LogP contribution in [-0.2, 0) is 17.8 Å². The molecule has 0 aromatic heterocycles. The molecule has 2 N–H and O–H groups in total. The van der Waals surface area contributed by atoms with E-state index in [9.17, 15) is 14.3 Å². The first-order valence-electron chi connectivity index (χ1n) is 9.36. The number of aryl methyl sites for hydroxylation is 3. The molecule has 0 saturated carbocycles. The van der Waals surface area contributed by atoms with E-state index in [1.165, 1.54) is 6.07 Å². The molecule has 0 aliphatic carbocycles. The molecule has 29 heavy (non-hydrogen) atoms. The highest BCUT2D eigenvalue weighted by Gasteiger charge is 2.10. The molecule has 3 aromatic carbocycles. The van der Waals surface area contributed by atoms with Gasteiger partial charge in [0, 0.05) is 12.5 Å². The maximum Gasteiger partial charge on any atom is 0.303 e. The molecule has 4 nitrogen and oxygen atoms in total. The summed E-state index contributed by atoms with van der Waals surface area (Å²) >= 11 is 0. The number of benzene rings is 3. The summed E-state index contributed by atoms with van der Waals surface area (Å²) in [5, 5.41) is 18.5. The van der Waals surface area contributed by atoms with Crippen LogP contribution in [0, 0.1) is 19.7 Å². The van der Waals surface area contributed by atoms with Crippen molar-refractivity contribution in [1.29, 1.82) is 0 Å². The van der Waals surface area contributed by atoms with Gasteiger partial charge in [-0.2, -0.15) is 0 Å². The van der Waals surface area contributed by atoms with Crippen LogP contribution >= 0.6 is 0 Å².